The first-order valence-electron chi connectivity index (χ1n) is 3.13. The van der Waals surface area contributed by atoms with Crippen molar-refractivity contribution in [2.75, 3.05) is 6.61 Å². The molecule has 0 saturated carbocycles. The van der Waals surface area contributed by atoms with Gasteiger partial charge in [0, 0.05) is 0 Å². The monoisotopic (exact) mass is 165 g/mol. The van der Waals surface area contributed by atoms with E-state index < -0.39 is 30.8 Å². The summed E-state index contributed by atoms with van der Waals surface area (Å²) in [6, 6.07) is 0. The van der Waals surface area contributed by atoms with E-state index in [0.717, 1.165) is 0 Å². The van der Waals surface area contributed by atoms with Crippen molar-refractivity contribution in [1.82, 2.24) is 0 Å². The zero-order chi connectivity index (χ0) is 8.65. The zero-order valence-corrected chi connectivity index (χ0v) is 5.71. The van der Waals surface area contributed by atoms with Crippen LogP contribution in [0.2, 0.25) is 0 Å². The van der Waals surface area contributed by atoms with Crippen molar-refractivity contribution in [3.05, 3.63) is 0 Å². The number of ether oxygens (including phenoxy) is 1. The Morgan fingerprint density at radius 3 is 2.09 bits per heavy atom. The molecule has 0 spiro atoms. The molecular formula is C5H11NO5. The van der Waals surface area contributed by atoms with Gasteiger partial charge in [0.05, 0.1) is 6.61 Å². The van der Waals surface area contributed by atoms with Gasteiger partial charge < -0.3 is 25.2 Å². The maximum Gasteiger partial charge on any atom is 0.186 e. The van der Waals surface area contributed by atoms with E-state index in [1.54, 1.807) is 0 Å². The summed E-state index contributed by atoms with van der Waals surface area (Å²) in [5.74, 6) is 0. The predicted octanol–water partition coefficient (Wildman–Crippen LogP) is -3.30. The third kappa shape index (κ3) is 1.24. The first kappa shape index (κ1) is 8.85. The van der Waals surface area contributed by atoms with Crippen molar-refractivity contribution in [2.45, 2.75) is 24.2 Å². The summed E-state index contributed by atoms with van der Waals surface area (Å²) in [6.07, 6.45) is -4.48. The van der Waals surface area contributed by atoms with Crippen LogP contribution in [0.1, 0.15) is 0 Å². The molecule has 0 aromatic heterocycles. The minimum absolute atomic E-state index is 0.664. The van der Waals surface area contributed by atoms with Crippen molar-refractivity contribution >= 4 is 0 Å². The minimum Gasteiger partial charge on any atom is -0.392 e. The lowest BCUT2D eigenvalue weighted by Crippen LogP contribution is -2.54. The fourth-order valence-electron chi connectivity index (χ4n) is 0.940. The van der Waals surface area contributed by atoms with Crippen LogP contribution >= 0.6 is 0 Å². The van der Waals surface area contributed by atoms with Gasteiger partial charge in [0.1, 0.15) is 12.2 Å². The smallest absolute Gasteiger partial charge is 0.186 e. The van der Waals surface area contributed by atoms with Gasteiger partial charge in [-0.05, 0) is 0 Å². The summed E-state index contributed by atoms with van der Waals surface area (Å²) in [5.41, 5.74) is 3.49. The Morgan fingerprint density at radius 1 is 1.36 bits per heavy atom. The Morgan fingerprint density at radius 2 is 1.91 bits per heavy atom. The molecule has 0 bridgehead atoms. The van der Waals surface area contributed by atoms with E-state index in [1.807, 2.05) is 0 Å². The molecule has 1 heterocycles. The average molecular weight is 165 g/mol. The maximum atomic E-state index is 9.07. The largest absolute Gasteiger partial charge is 0.392 e. The Labute approximate surface area is 62.8 Å². The molecule has 1 fully saturated rings. The third-order valence-electron chi connectivity index (χ3n) is 1.70. The lowest BCUT2D eigenvalue weighted by Gasteiger charge is -2.23. The lowest BCUT2D eigenvalue weighted by atomic mass is 10.1. The van der Waals surface area contributed by atoms with Crippen molar-refractivity contribution in [3.63, 3.8) is 0 Å². The molecular weight excluding hydrogens is 154 g/mol. The molecule has 6 nitrogen and oxygen atoms in total. The molecule has 11 heavy (non-hydrogen) atoms. The fraction of sp³-hybridized carbons (Fsp3) is 1.00. The van der Waals surface area contributed by atoms with E-state index in [4.69, 9.17) is 26.2 Å². The molecule has 0 aromatic rings. The van der Waals surface area contributed by atoms with Crippen LogP contribution < -0.4 is 5.73 Å². The molecule has 6 N–H and O–H groups in total. The second-order valence-corrected chi connectivity index (χ2v) is 2.56. The molecule has 0 aromatic carbocycles. The summed E-state index contributed by atoms with van der Waals surface area (Å²) in [7, 11) is 0. The van der Waals surface area contributed by atoms with E-state index in [0.29, 0.717) is 0 Å². The molecule has 1 aliphatic heterocycles. The standard InChI is InChI=1S/C5H11NO5/c6-5(1-7)3(9)2(8)4(10)11-5/h2-4,7-10H,1,6H2/t2-,3+,4+,5-/m1/s1. The highest BCUT2D eigenvalue weighted by Crippen LogP contribution is 2.24. The van der Waals surface area contributed by atoms with Gasteiger partial charge in [-0.3, -0.25) is 5.73 Å². The van der Waals surface area contributed by atoms with Gasteiger partial charge in [0.2, 0.25) is 0 Å². The van der Waals surface area contributed by atoms with Gasteiger partial charge in [0.25, 0.3) is 0 Å². The molecule has 6 heteroatoms. The summed E-state index contributed by atoms with van der Waals surface area (Å²) in [4.78, 5) is 0. The summed E-state index contributed by atoms with van der Waals surface area (Å²) >= 11 is 0. The first-order valence-corrected chi connectivity index (χ1v) is 3.13. The van der Waals surface area contributed by atoms with Crippen LogP contribution in [0.5, 0.6) is 0 Å². The number of rotatable bonds is 1. The van der Waals surface area contributed by atoms with Gasteiger partial charge in [-0.1, -0.05) is 0 Å². The van der Waals surface area contributed by atoms with Gasteiger partial charge in [-0.2, -0.15) is 0 Å². The van der Waals surface area contributed by atoms with E-state index >= 15 is 0 Å². The van der Waals surface area contributed by atoms with Crippen LogP contribution in [0.15, 0.2) is 0 Å². The molecule has 1 rings (SSSR count). The Bertz CT molecular complexity index is 154. The quantitative estimate of drug-likeness (QED) is 0.278. The molecule has 4 atom stereocenters. The number of hydrogen-bond acceptors (Lipinski definition) is 6. The van der Waals surface area contributed by atoms with Crippen molar-refractivity contribution in [3.8, 4) is 0 Å². The molecule has 0 unspecified atom stereocenters. The molecule has 0 aliphatic carbocycles. The molecule has 0 amide bonds. The van der Waals surface area contributed by atoms with E-state index in [1.165, 1.54) is 0 Å². The SMILES string of the molecule is N[C@]1(CO)O[C@H](O)[C@H](O)[C@@H]1O. The third-order valence-corrected chi connectivity index (χ3v) is 1.70. The van der Waals surface area contributed by atoms with Crippen LogP contribution in [0.3, 0.4) is 0 Å². The summed E-state index contributed by atoms with van der Waals surface area (Å²) < 4.78 is 4.51. The van der Waals surface area contributed by atoms with E-state index in [2.05, 4.69) is 4.74 Å². The second kappa shape index (κ2) is 2.67. The highest BCUT2D eigenvalue weighted by Gasteiger charge is 2.51. The van der Waals surface area contributed by atoms with Crippen LogP contribution in [-0.4, -0.2) is 51.3 Å². The summed E-state index contributed by atoms with van der Waals surface area (Å²) in [5, 5.41) is 35.4. The fourth-order valence-corrected chi connectivity index (χ4v) is 0.940. The van der Waals surface area contributed by atoms with Crippen molar-refractivity contribution in [2.24, 2.45) is 5.73 Å². The second-order valence-electron chi connectivity index (χ2n) is 2.56. The molecule has 66 valence electrons. The van der Waals surface area contributed by atoms with Gasteiger partial charge in [-0.25, -0.2) is 0 Å². The normalized spacial score (nSPS) is 51.5. The highest BCUT2D eigenvalue weighted by atomic mass is 16.7. The molecule has 0 radical (unpaired) electrons. The van der Waals surface area contributed by atoms with Crippen LogP contribution in [0.4, 0.5) is 0 Å². The van der Waals surface area contributed by atoms with Crippen LogP contribution in [0.25, 0.3) is 0 Å². The molecule has 1 saturated heterocycles. The summed E-state index contributed by atoms with van der Waals surface area (Å²) in [6.45, 7) is -0.664. The van der Waals surface area contributed by atoms with Crippen molar-refractivity contribution < 1.29 is 25.2 Å². The van der Waals surface area contributed by atoms with Gasteiger partial charge >= 0.3 is 0 Å². The number of aliphatic hydroxyl groups is 4. The highest BCUT2D eigenvalue weighted by molar-refractivity contribution is 4.94. The predicted molar refractivity (Wildman–Crippen MR) is 33.1 cm³/mol. The number of aliphatic hydroxyl groups excluding tert-OH is 4. The zero-order valence-electron chi connectivity index (χ0n) is 5.71. The van der Waals surface area contributed by atoms with Crippen LogP contribution in [0, 0.1) is 0 Å². The van der Waals surface area contributed by atoms with Crippen molar-refractivity contribution in [1.29, 1.82) is 0 Å². The lowest BCUT2D eigenvalue weighted by molar-refractivity contribution is -0.172. The first-order chi connectivity index (χ1) is 5.01. The topological polar surface area (TPSA) is 116 Å². The Balaban J connectivity index is 2.73. The Kier molecular flexibility index (Phi) is 2.15. The number of nitrogens with two attached hydrogens (primary N) is 1. The Hall–Kier alpha value is -0.240. The number of hydrogen-bond donors (Lipinski definition) is 5. The van der Waals surface area contributed by atoms with Crippen LogP contribution in [-0.2, 0) is 4.74 Å². The molecule has 1 aliphatic rings. The maximum absolute atomic E-state index is 9.07. The van der Waals surface area contributed by atoms with Gasteiger partial charge in [0.15, 0.2) is 12.0 Å². The van der Waals surface area contributed by atoms with E-state index in [-0.39, 0.29) is 0 Å². The van der Waals surface area contributed by atoms with E-state index in [9.17, 15) is 0 Å². The minimum atomic E-state index is -1.75. The van der Waals surface area contributed by atoms with Gasteiger partial charge in [-0.15, -0.1) is 0 Å². The average Bonchev–Trinajstić information content (AvgIpc) is 2.17.